The first-order valence-corrected chi connectivity index (χ1v) is 4.86. The quantitative estimate of drug-likeness (QED) is 0.634. The van der Waals surface area contributed by atoms with E-state index in [0.717, 1.165) is 6.54 Å². The Kier molecular flexibility index (Phi) is 3.52. The fourth-order valence-corrected chi connectivity index (χ4v) is 1.63. The molecule has 0 saturated carbocycles. The first-order valence-electron chi connectivity index (χ1n) is 4.86. The van der Waals surface area contributed by atoms with Gasteiger partial charge in [-0.2, -0.15) is 0 Å². The fourth-order valence-electron chi connectivity index (χ4n) is 1.63. The molecule has 0 aromatic carbocycles. The largest absolute Gasteiger partial charge is 0.342 e. The lowest BCUT2D eigenvalue weighted by molar-refractivity contribution is 0.752. The Balaban J connectivity index is 3.25. The van der Waals surface area contributed by atoms with Crippen LogP contribution < -0.4 is 0 Å². The van der Waals surface area contributed by atoms with E-state index in [2.05, 4.69) is 43.7 Å². The minimum atomic E-state index is 0.964. The van der Waals surface area contributed by atoms with Gasteiger partial charge in [-0.25, -0.2) is 0 Å². The molecule has 1 rings (SSSR count). The van der Waals surface area contributed by atoms with Gasteiger partial charge >= 0.3 is 0 Å². The van der Waals surface area contributed by atoms with Gasteiger partial charge in [0.25, 0.3) is 0 Å². The van der Waals surface area contributed by atoms with E-state index in [1.165, 1.54) is 17.0 Å². The van der Waals surface area contributed by atoms with Crippen molar-refractivity contribution >= 4 is 12.2 Å². The third kappa shape index (κ3) is 1.87. The van der Waals surface area contributed by atoms with Crippen LogP contribution in [-0.4, -0.2) is 4.57 Å². The van der Waals surface area contributed by atoms with Crippen LogP contribution in [0.5, 0.6) is 0 Å². The maximum absolute atomic E-state index is 3.81. The van der Waals surface area contributed by atoms with Gasteiger partial charge in [0.1, 0.15) is 0 Å². The Morgan fingerprint density at radius 3 is 2.64 bits per heavy atom. The molecule has 0 amide bonds. The summed E-state index contributed by atoms with van der Waals surface area (Å²) < 4.78 is 2.24. The van der Waals surface area contributed by atoms with Crippen LogP contribution in [0.25, 0.3) is 12.2 Å². The Hall–Kier alpha value is -1.50. The van der Waals surface area contributed by atoms with Gasteiger partial charge in [0.15, 0.2) is 0 Å². The second-order valence-electron chi connectivity index (χ2n) is 3.18. The number of aromatic nitrogens is 1. The Morgan fingerprint density at radius 2 is 2.14 bits per heavy atom. The predicted molar refractivity (Wildman–Crippen MR) is 64.2 cm³/mol. The molecule has 1 heteroatoms. The molecule has 14 heavy (non-hydrogen) atoms. The van der Waals surface area contributed by atoms with E-state index in [0.29, 0.717) is 0 Å². The molecule has 1 nitrogen and oxygen atoms in total. The van der Waals surface area contributed by atoms with E-state index < -0.39 is 0 Å². The van der Waals surface area contributed by atoms with Gasteiger partial charge in [-0.1, -0.05) is 25.3 Å². The van der Waals surface area contributed by atoms with Crippen LogP contribution in [0.2, 0.25) is 0 Å². The summed E-state index contributed by atoms with van der Waals surface area (Å²) in [5, 5.41) is 0. The Labute approximate surface area is 86.1 Å². The summed E-state index contributed by atoms with van der Waals surface area (Å²) in [4.78, 5) is 0. The monoisotopic (exact) mass is 187 g/mol. The SMILES string of the molecule is C=C/C=C\c1c(C)cc(C=C)n1CC. The highest BCUT2D eigenvalue weighted by atomic mass is 15.0. The molecule has 0 aliphatic carbocycles. The number of allylic oxidation sites excluding steroid dienone is 2. The van der Waals surface area contributed by atoms with Gasteiger partial charge in [0.2, 0.25) is 0 Å². The number of hydrogen-bond donors (Lipinski definition) is 0. The molecule has 0 aliphatic heterocycles. The molecule has 0 aliphatic rings. The molecule has 0 N–H and O–H groups in total. The average molecular weight is 187 g/mol. The second kappa shape index (κ2) is 4.66. The lowest BCUT2D eigenvalue weighted by Gasteiger charge is -2.05. The summed E-state index contributed by atoms with van der Waals surface area (Å²) in [6, 6.07) is 2.15. The molecule has 1 aromatic heterocycles. The van der Waals surface area contributed by atoms with Crippen LogP contribution in [0.1, 0.15) is 23.9 Å². The third-order valence-electron chi connectivity index (χ3n) is 2.29. The van der Waals surface area contributed by atoms with E-state index in [4.69, 9.17) is 0 Å². The molecule has 74 valence electrons. The van der Waals surface area contributed by atoms with Crippen molar-refractivity contribution in [2.75, 3.05) is 0 Å². The first kappa shape index (κ1) is 10.6. The number of aryl methyl sites for hydroxylation is 1. The maximum atomic E-state index is 3.81. The van der Waals surface area contributed by atoms with Crippen LogP contribution in [0.4, 0.5) is 0 Å². The first-order chi connectivity index (χ1) is 6.74. The molecule has 0 bridgehead atoms. The maximum Gasteiger partial charge on any atom is 0.0441 e. The lowest BCUT2D eigenvalue weighted by atomic mass is 10.2. The number of rotatable bonds is 4. The van der Waals surface area contributed by atoms with E-state index in [-0.39, 0.29) is 0 Å². The Morgan fingerprint density at radius 1 is 1.43 bits per heavy atom. The average Bonchev–Trinajstić information content (AvgIpc) is 2.51. The summed E-state index contributed by atoms with van der Waals surface area (Å²) >= 11 is 0. The van der Waals surface area contributed by atoms with Crippen molar-refractivity contribution in [1.82, 2.24) is 4.57 Å². The van der Waals surface area contributed by atoms with Crippen LogP contribution in [0.15, 0.2) is 31.4 Å². The third-order valence-corrected chi connectivity index (χ3v) is 2.29. The molecule has 0 radical (unpaired) electrons. The fraction of sp³-hybridized carbons (Fsp3) is 0.231. The van der Waals surface area contributed by atoms with E-state index in [1.807, 2.05) is 12.2 Å². The van der Waals surface area contributed by atoms with Crippen molar-refractivity contribution in [1.29, 1.82) is 0 Å². The van der Waals surface area contributed by atoms with Crippen molar-refractivity contribution in [3.63, 3.8) is 0 Å². The summed E-state index contributed by atoms with van der Waals surface area (Å²) in [5.41, 5.74) is 3.69. The topological polar surface area (TPSA) is 4.93 Å². The normalized spacial score (nSPS) is 10.7. The van der Waals surface area contributed by atoms with Crippen molar-refractivity contribution < 1.29 is 0 Å². The summed E-state index contributed by atoms with van der Waals surface area (Å²) in [7, 11) is 0. The van der Waals surface area contributed by atoms with Gasteiger partial charge in [0.05, 0.1) is 0 Å². The van der Waals surface area contributed by atoms with Gasteiger partial charge in [0, 0.05) is 17.9 Å². The molecule has 0 atom stereocenters. The van der Waals surface area contributed by atoms with E-state index >= 15 is 0 Å². The minimum Gasteiger partial charge on any atom is -0.342 e. The van der Waals surface area contributed by atoms with Gasteiger partial charge in [-0.15, -0.1) is 0 Å². The molecule has 1 aromatic rings. The van der Waals surface area contributed by atoms with Crippen LogP contribution in [0, 0.1) is 6.92 Å². The summed E-state index contributed by atoms with van der Waals surface area (Å²) in [6.45, 7) is 12.7. The standard InChI is InChI=1S/C13H17N/c1-5-8-9-13-11(4)10-12(6-2)14(13)7-3/h5-6,8-10H,1-2,7H2,3-4H3/b9-8-. The summed E-state index contributed by atoms with van der Waals surface area (Å²) in [6.07, 6.45) is 7.72. The zero-order chi connectivity index (χ0) is 10.6. The lowest BCUT2D eigenvalue weighted by Crippen LogP contribution is -1.99. The molecule has 0 unspecified atom stereocenters. The second-order valence-corrected chi connectivity index (χ2v) is 3.18. The van der Waals surface area contributed by atoms with Crippen LogP contribution in [-0.2, 0) is 6.54 Å². The smallest absolute Gasteiger partial charge is 0.0441 e. The predicted octanol–water partition coefficient (Wildman–Crippen LogP) is 3.66. The molecule has 0 fully saturated rings. The molecular weight excluding hydrogens is 170 g/mol. The highest BCUT2D eigenvalue weighted by molar-refractivity contribution is 5.58. The van der Waals surface area contributed by atoms with Crippen LogP contribution in [0.3, 0.4) is 0 Å². The molecule has 0 spiro atoms. The highest BCUT2D eigenvalue weighted by Crippen LogP contribution is 2.18. The van der Waals surface area contributed by atoms with Crippen LogP contribution >= 0.6 is 0 Å². The minimum absolute atomic E-state index is 0.964. The Bertz CT molecular complexity index is 367. The van der Waals surface area contributed by atoms with Crippen molar-refractivity contribution in [3.8, 4) is 0 Å². The molecular formula is C13H17N. The van der Waals surface area contributed by atoms with E-state index in [9.17, 15) is 0 Å². The molecule has 0 saturated heterocycles. The molecule has 1 heterocycles. The van der Waals surface area contributed by atoms with E-state index in [1.54, 1.807) is 6.08 Å². The van der Waals surface area contributed by atoms with Gasteiger partial charge < -0.3 is 4.57 Å². The van der Waals surface area contributed by atoms with Gasteiger partial charge in [-0.3, -0.25) is 0 Å². The summed E-state index contributed by atoms with van der Waals surface area (Å²) in [5.74, 6) is 0. The van der Waals surface area contributed by atoms with Crippen molar-refractivity contribution in [3.05, 3.63) is 48.3 Å². The van der Waals surface area contributed by atoms with Crippen molar-refractivity contribution in [2.24, 2.45) is 0 Å². The zero-order valence-electron chi connectivity index (χ0n) is 8.96. The number of nitrogens with zero attached hydrogens (tertiary/aromatic N) is 1. The number of hydrogen-bond acceptors (Lipinski definition) is 0. The zero-order valence-corrected chi connectivity index (χ0v) is 8.96. The highest BCUT2D eigenvalue weighted by Gasteiger charge is 2.05. The van der Waals surface area contributed by atoms with Gasteiger partial charge in [-0.05, 0) is 37.6 Å². The van der Waals surface area contributed by atoms with Crippen molar-refractivity contribution in [2.45, 2.75) is 20.4 Å².